The molecule has 1 amide bonds. The Balaban J connectivity index is 1.87. The highest BCUT2D eigenvalue weighted by Crippen LogP contribution is 2.20. The molecule has 3 heteroatoms. The molecular formula is C15H20N2O. The highest BCUT2D eigenvalue weighted by atomic mass is 16.2. The molecule has 1 unspecified atom stereocenters. The van der Waals surface area contributed by atoms with Crippen LogP contribution in [0.3, 0.4) is 0 Å². The van der Waals surface area contributed by atoms with Crippen LogP contribution >= 0.6 is 0 Å². The second-order valence-corrected chi connectivity index (χ2v) is 5.05. The predicted octanol–water partition coefficient (Wildman–Crippen LogP) is 2.93. The van der Waals surface area contributed by atoms with Crippen molar-refractivity contribution < 1.29 is 4.79 Å². The second kappa shape index (κ2) is 5.71. The largest absolute Gasteiger partial charge is 0.303 e. The molecule has 0 aromatic heterocycles. The van der Waals surface area contributed by atoms with Gasteiger partial charge in [0.2, 0.25) is 0 Å². The van der Waals surface area contributed by atoms with E-state index in [9.17, 15) is 4.79 Å². The van der Waals surface area contributed by atoms with Gasteiger partial charge in [0.15, 0.2) is 0 Å². The number of hydrogen-bond acceptors (Lipinski definition) is 2. The maximum absolute atomic E-state index is 11.9. The topological polar surface area (TPSA) is 41.1 Å². The minimum absolute atomic E-state index is 0.0884. The number of rotatable bonds is 3. The smallest absolute Gasteiger partial charge is 0.269 e. The molecule has 1 aromatic rings. The van der Waals surface area contributed by atoms with Gasteiger partial charge in [-0.05, 0) is 44.2 Å². The third kappa shape index (κ3) is 3.36. The first-order valence-corrected chi connectivity index (χ1v) is 6.47. The van der Waals surface area contributed by atoms with Crippen LogP contribution in [0.5, 0.6) is 0 Å². The van der Waals surface area contributed by atoms with Crippen LogP contribution in [0.1, 0.15) is 42.1 Å². The predicted molar refractivity (Wildman–Crippen MR) is 72.9 cm³/mol. The van der Waals surface area contributed by atoms with Crippen molar-refractivity contribution in [2.75, 3.05) is 0 Å². The summed E-state index contributed by atoms with van der Waals surface area (Å²) in [7, 11) is 0. The minimum atomic E-state index is -0.0884. The lowest BCUT2D eigenvalue weighted by Crippen LogP contribution is -2.37. The normalized spacial score (nSPS) is 19.0. The molecule has 1 aliphatic carbocycles. The minimum Gasteiger partial charge on any atom is -0.303 e. The van der Waals surface area contributed by atoms with Gasteiger partial charge in [-0.2, -0.15) is 0 Å². The van der Waals surface area contributed by atoms with E-state index >= 15 is 0 Å². The Hall–Kier alpha value is -1.77. The molecule has 2 N–H and O–H groups in total. The Labute approximate surface area is 108 Å². The molecule has 1 atom stereocenters. The number of allylic oxidation sites excluding steroid dienone is 2. The van der Waals surface area contributed by atoms with E-state index < -0.39 is 0 Å². The number of hydrogen-bond donors (Lipinski definition) is 2. The van der Waals surface area contributed by atoms with Crippen molar-refractivity contribution in [3.63, 3.8) is 0 Å². The highest BCUT2D eigenvalue weighted by Gasteiger charge is 2.10. The Morgan fingerprint density at radius 3 is 2.61 bits per heavy atom. The fraction of sp³-hybridized carbons (Fsp3) is 0.400. The number of carbonyl (C=O) groups excluding carboxylic acids is 1. The lowest BCUT2D eigenvalue weighted by molar-refractivity contribution is 0.0938. The van der Waals surface area contributed by atoms with E-state index in [4.69, 9.17) is 0 Å². The van der Waals surface area contributed by atoms with Gasteiger partial charge < -0.3 is 5.43 Å². The van der Waals surface area contributed by atoms with Gasteiger partial charge in [-0.25, -0.2) is 0 Å². The molecule has 0 aliphatic heterocycles. The van der Waals surface area contributed by atoms with Crippen molar-refractivity contribution in [1.82, 2.24) is 10.9 Å². The quantitative estimate of drug-likeness (QED) is 0.803. The summed E-state index contributed by atoms with van der Waals surface area (Å²) in [6, 6.07) is 7.56. The lowest BCUT2D eigenvalue weighted by Gasteiger charge is -2.19. The molecule has 2 rings (SSSR count). The molecule has 3 nitrogen and oxygen atoms in total. The summed E-state index contributed by atoms with van der Waals surface area (Å²) in [5.41, 5.74) is 8.72. The zero-order valence-corrected chi connectivity index (χ0v) is 11.0. The number of nitrogens with one attached hydrogen (secondary N) is 2. The van der Waals surface area contributed by atoms with Crippen LogP contribution in [0.15, 0.2) is 36.0 Å². The Morgan fingerprint density at radius 1 is 1.28 bits per heavy atom. The molecule has 0 heterocycles. The van der Waals surface area contributed by atoms with Gasteiger partial charge in [0.05, 0.1) is 0 Å². The van der Waals surface area contributed by atoms with E-state index in [0.29, 0.717) is 5.56 Å². The van der Waals surface area contributed by atoms with Crippen molar-refractivity contribution in [3.8, 4) is 0 Å². The van der Waals surface area contributed by atoms with E-state index in [1.807, 2.05) is 31.2 Å². The van der Waals surface area contributed by atoms with Gasteiger partial charge in [0.25, 0.3) is 5.91 Å². The average molecular weight is 244 g/mol. The number of aryl methyl sites for hydroxylation is 1. The zero-order valence-electron chi connectivity index (χ0n) is 11.0. The monoisotopic (exact) mass is 244 g/mol. The molecule has 0 saturated heterocycles. The van der Waals surface area contributed by atoms with Crippen molar-refractivity contribution in [3.05, 3.63) is 47.2 Å². The average Bonchev–Trinajstić information content (AvgIpc) is 2.38. The number of carbonyl (C=O) groups is 1. The summed E-state index contributed by atoms with van der Waals surface area (Å²) in [4.78, 5) is 11.9. The lowest BCUT2D eigenvalue weighted by atomic mass is 9.95. The van der Waals surface area contributed by atoms with Crippen molar-refractivity contribution in [2.24, 2.45) is 5.92 Å². The van der Waals surface area contributed by atoms with Gasteiger partial charge in [0.1, 0.15) is 0 Å². The summed E-state index contributed by atoms with van der Waals surface area (Å²) < 4.78 is 0. The first-order chi connectivity index (χ1) is 8.65. The van der Waals surface area contributed by atoms with Gasteiger partial charge >= 0.3 is 0 Å². The van der Waals surface area contributed by atoms with Crippen LogP contribution in [-0.4, -0.2) is 5.91 Å². The highest BCUT2D eigenvalue weighted by molar-refractivity contribution is 5.93. The molecule has 0 saturated carbocycles. The second-order valence-electron chi connectivity index (χ2n) is 5.05. The van der Waals surface area contributed by atoms with Crippen LogP contribution in [0, 0.1) is 12.8 Å². The van der Waals surface area contributed by atoms with Gasteiger partial charge in [-0.1, -0.05) is 30.7 Å². The molecule has 0 radical (unpaired) electrons. The Morgan fingerprint density at radius 2 is 2.00 bits per heavy atom. The van der Waals surface area contributed by atoms with Crippen LogP contribution in [-0.2, 0) is 0 Å². The van der Waals surface area contributed by atoms with Crippen LogP contribution in [0.2, 0.25) is 0 Å². The zero-order chi connectivity index (χ0) is 13.0. The van der Waals surface area contributed by atoms with Gasteiger partial charge in [-0.15, -0.1) is 0 Å². The first kappa shape index (κ1) is 12.7. The van der Waals surface area contributed by atoms with E-state index in [-0.39, 0.29) is 5.91 Å². The number of amides is 1. The third-order valence-electron chi connectivity index (χ3n) is 3.32. The summed E-state index contributed by atoms with van der Waals surface area (Å²) >= 11 is 0. The summed E-state index contributed by atoms with van der Waals surface area (Å²) in [6.45, 7) is 4.26. The van der Waals surface area contributed by atoms with Crippen molar-refractivity contribution in [2.45, 2.75) is 33.1 Å². The molecule has 0 spiro atoms. The molecule has 18 heavy (non-hydrogen) atoms. The van der Waals surface area contributed by atoms with Crippen molar-refractivity contribution in [1.29, 1.82) is 0 Å². The molecule has 96 valence electrons. The maximum atomic E-state index is 11.9. The fourth-order valence-corrected chi connectivity index (χ4v) is 1.99. The molecule has 0 fully saturated rings. The first-order valence-electron chi connectivity index (χ1n) is 6.47. The summed E-state index contributed by atoms with van der Waals surface area (Å²) in [5.74, 6) is 0.665. The molecule has 0 bridgehead atoms. The fourth-order valence-electron chi connectivity index (χ4n) is 1.99. The third-order valence-corrected chi connectivity index (χ3v) is 3.32. The molecule has 1 aliphatic rings. The summed E-state index contributed by atoms with van der Waals surface area (Å²) in [6.07, 6.45) is 5.45. The Kier molecular flexibility index (Phi) is 4.03. The number of hydrazine groups is 1. The standard InChI is InChI=1S/C15H20N2O/c1-11-3-7-13(8-4-11)15(18)17-16-14-9-5-12(2)6-10-14/h3-4,7-9,12,16H,5-6,10H2,1-2H3,(H,17,18). The van der Waals surface area contributed by atoms with Crippen LogP contribution in [0.25, 0.3) is 0 Å². The van der Waals surface area contributed by atoms with E-state index in [2.05, 4.69) is 23.9 Å². The van der Waals surface area contributed by atoms with E-state index in [0.717, 1.165) is 30.0 Å². The van der Waals surface area contributed by atoms with Gasteiger partial charge in [-0.3, -0.25) is 10.2 Å². The van der Waals surface area contributed by atoms with Crippen LogP contribution < -0.4 is 10.9 Å². The molecule has 1 aromatic carbocycles. The molecular weight excluding hydrogens is 224 g/mol. The van der Waals surface area contributed by atoms with Gasteiger partial charge in [0, 0.05) is 11.3 Å². The van der Waals surface area contributed by atoms with Crippen LogP contribution in [0.4, 0.5) is 0 Å². The van der Waals surface area contributed by atoms with E-state index in [1.165, 1.54) is 6.42 Å². The summed E-state index contributed by atoms with van der Waals surface area (Å²) in [5, 5.41) is 0. The van der Waals surface area contributed by atoms with E-state index in [1.54, 1.807) is 0 Å². The maximum Gasteiger partial charge on any atom is 0.269 e. The number of benzene rings is 1. The van der Waals surface area contributed by atoms with Crippen molar-refractivity contribution >= 4 is 5.91 Å². The Bertz CT molecular complexity index is 448. The SMILES string of the molecule is Cc1ccc(C(=O)NNC2=CCC(C)CC2)cc1.